The fraction of sp³-hybridized carbons (Fsp3) is 0.280. The number of rotatable bonds is 6. The number of nitrogens with zero attached hydrogens (tertiary/aromatic N) is 1. The first-order valence-corrected chi connectivity index (χ1v) is 10.5. The van der Waals surface area contributed by atoms with E-state index >= 15 is 0 Å². The molecule has 5 rings (SSSR count). The van der Waals surface area contributed by atoms with Crippen LogP contribution in [0.5, 0.6) is 0 Å². The molecule has 1 aliphatic carbocycles. The highest BCUT2D eigenvalue weighted by atomic mass is 16.4. The summed E-state index contributed by atoms with van der Waals surface area (Å²) in [6, 6.07) is 13.2. The van der Waals surface area contributed by atoms with E-state index in [2.05, 4.69) is 16.0 Å². The van der Waals surface area contributed by atoms with Gasteiger partial charge in [-0.25, -0.2) is 4.79 Å². The molecule has 0 atom stereocenters. The molecule has 0 spiro atoms. The highest BCUT2D eigenvalue weighted by Crippen LogP contribution is 2.37. The minimum atomic E-state index is -0.906. The number of aromatic nitrogens is 1. The first kappa shape index (κ1) is 18.8. The lowest BCUT2D eigenvalue weighted by Crippen LogP contribution is -2.33. The number of Topliss-reactive ketones (excluding diaryl/α,β-unsaturated/α-hetero) is 1. The van der Waals surface area contributed by atoms with E-state index in [4.69, 9.17) is 5.11 Å². The van der Waals surface area contributed by atoms with Gasteiger partial charge in [0.15, 0.2) is 5.78 Å². The first-order chi connectivity index (χ1) is 14.6. The molecule has 2 N–H and O–H groups in total. The van der Waals surface area contributed by atoms with Gasteiger partial charge in [-0.05, 0) is 61.1 Å². The minimum Gasteiger partial charge on any atom is -0.478 e. The van der Waals surface area contributed by atoms with Crippen LogP contribution in [0.4, 0.5) is 0 Å². The SMILES string of the molecule is O=C(O)c1ccc2c(CCCCN3CCC4=C(C3)C(=O)c3ccccc34)c[nH]c2c1. The number of aromatic carboxylic acids is 1. The van der Waals surface area contributed by atoms with Gasteiger partial charge in [-0.3, -0.25) is 9.69 Å². The van der Waals surface area contributed by atoms with Crippen molar-refractivity contribution in [3.63, 3.8) is 0 Å². The predicted octanol–water partition coefficient (Wildman–Crippen LogP) is 4.54. The zero-order valence-corrected chi connectivity index (χ0v) is 16.8. The summed E-state index contributed by atoms with van der Waals surface area (Å²) in [5.41, 5.74) is 6.67. The van der Waals surface area contributed by atoms with Gasteiger partial charge >= 0.3 is 5.97 Å². The maximum absolute atomic E-state index is 12.7. The molecular weight excluding hydrogens is 376 g/mol. The van der Waals surface area contributed by atoms with Crippen LogP contribution in [0.15, 0.2) is 54.2 Å². The van der Waals surface area contributed by atoms with Crippen LogP contribution in [0.25, 0.3) is 16.5 Å². The lowest BCUT2D eigenvalue weighted by atomic mass is 9.98. The van der Waals surface area contributed by atoms with E-state index in [1.165, 1.54) is 11.1 Å². The predicted molar refractivity (Wildman–Crippen MR) is 117 cm³/mol. The van der Waals surface area contributed by atoms with Crippen molar-refractivity contribution in [1.29, 1.82) is 0 Å². The van der Waals surface area contributed by atoms with E-state index in [0.29, 0.717) is 5.56 Å². The number of fused-ring (bicyclic) bond motifs is 3. The Kier molecular flexibility index (Phi) is 4.75. The molecule has 2 heterocycles. The van der Waals surface area contributed by atoms with Gasteiger partial charge < -0.3 is 10.1 Å². The molecule has 2 aromatic carbocycles. The molecule has 152 valence electrons. The van der Waals surface area contributed by atoms with Crippen molar-refractivity contribution in [3.05, 3.63) is 76.5 Å². The lowest BCUT2D eigenvalue weighted by Gasteiger charge is -2.27. The van der Waals surface area contributed by atoms with Crippen LogP contribution in [0, 0.1) is 0 Å². The van der Waals surface area contributed by atoms with Crippen LogP contribution < -0.4 is 0 Å². The number of carbonyl (C=O) groups is 2. The van der Waals surface area contributed by atoms with Gasteiger partial charge in [0.2, 0.25) is 0 Å². The van der Waals surface area contributed by atoms with Crippen LogP contribution in [0.1, 0.15) is 51.1 Å². The summed E-state index contributed by atoms with van der Waals surface area (Å²) in [5, 5.41) is 10.2. The molecule has 3 aromatic rings. The summed E-state index contributed by atoms with van der Waals surface area (Å²) < 4.78 is 0. The third-order valence-corrected chi connectivity index (χ3v) is 6.38. The number of aryl methyl sites for hydroxylation is 1. The molecule has 30 heavy (non-hydrogen) atoms. The van der Waals surface area contributed by atoms with Gasteiger partial charge in [0.1, 0.15) is 0 Å². The Labute approximate surface area is 175 Å². The maximum atomic E-state index is 12.7. The summed E-state index contributed by atoms with van der Waals surface area (Å²) in [6.45, 7) is 2.76. The van der Waals surface area contributed by atoms with E-state index in [1.54, 1.807) is 12.1 Å². The second kappa shape index (κ2) is 7.58. The van der Waals surface area contributed by atoms with Gasteiger partial charge in [0, 0.05) is 41.3 Å². The fourth-order valence-corrected chi connectivity index (χ4v) is 4.80. The van der Waals surface area contributed by atoms with Crippen molar-refractivity contribution in [2.24, 2.45) is 0 Å². The van der Waals surface area contributed by atoms with E-state index < -0.39 is 5.97 Å². The Morgan fingerprint density at radius 1 is 1.07 bits per heavy atom. The molecule has 5 heteroatoms. The van der Waals surface area contributed by atoms with Crippen LogP contribution >= 0.6 is 0 Å². The zero-order valence-electron chi connectivity index (χ0n) is 16.8. The third-order valence-electron chi connectivity index (χ3n) is 6.38. The molecule has 0 radical (unpaired) electrons. The van der Waals surface area contributed by atoms with E-state index in [0.717, 1.165) is 72.9 Å². The van der Waals surface area contributed by atoms with Gasteiger partial charge in [0.05, 0.1) is 5.56 Å². The highest BCUT2D eigenvalue weighted by molar-refractivity contribution is 6.21. The summed E-state index contributed by atoms with van der Waals surface area (Å²) in [5.74, 6) is -0.693. The number of nitrogens with one attached hydrogen (secondary N) is 1. The highest BCUT2D eigenvalue weighted by Gasteiger charge is 2.32. The summed E-state index contributed by atoms with van der Waals surface area (Å²) in [4.78, 5) is 29.4. The zero-order chi connectivity index (χ0) is 20.7. The lowest BCUT2D eigenvalue weighted by molar-refractivity contribution is 0.0697. The number of ketones is 1. The number of carboxylic acid groups (broad SMARTS) is 1. The number of benzene rings is 2. The second-order valence-corrected chi connectivity index (χ2v) is 8.19. The van der Waals surface area contributed by atoms with Crippen molar-refractivity contribution in [2.75, 3.05) is 19.6 Å². The molecule has 5 nitrogen and oxygen atoms in total. The van der Waals surface area contributed by atoms with Crippen molar-refractivity contribution in [1.82, 2.24) is 9.88 Å². The summed E-state index contributed by atoms with van der Waals surface area (Å²) in [7, 11) is 0. The molecule has 0 saturated carbocycles. The van der Waals surface area contributed by atoms with E-state index in [9.17, 15) is 9.59 Å². The number of hydrogen-bond acceptors (Lipinski definition) is 3. The Morgan fingerprint density at radius 2 is 1.90 bits per heavy atom. The molecular formula is C25H24N2O3. The summed E-state index contributed by atoms with van der Waals surface area (Å²) >= 11 is 0. The monoisotopic (exact) mass is 400 g/mol. The van der Waals surface area contributed by atoms with Crippen LogP contribution in [-0.2, 0) is 6.42 Å². The number of hydrogen-bond donors (Lipinski definition) is 2. The van der Waals surface area contributed by atoms with Crippen molar-refractivity contribution >= 4 is 28.2 Å². The molecule has 1 aliphatic heterocycles. The molecule has 0 bridgehead atoms. The average molecular weight is 400 g/mol. The average Bonchev–Trinajstić information content (AvgIpc) is 3.30. The first-order valence-electron chi connectivity index (χ1n) is 10.5. The molecule has 0 unspecified atom stereocenters. The fourth-order valence-electron chi connectivity index (χ4n) is 4.80. The number of H-pyrrole nitrogens is 1. The Balaban J connectivity index is 1.17. The van der Waals surface area contributed by atoms with Crippen molar-refractivity contribution < 1.29 is 14.7 Å². The summed E-state index contributed by atoms with van der Waals surface area (Å²) in [6.07, 6.45) is 6.03. The maximum Gasteiger partial charge on any atom is 0.335 e. The second-order valence-electron chi connectivity index (χ2n) is 8.19. The molecule has 0 fully saturated rings. The standard InChI is InChI=1S/C25H24N2O3/c28-24-21-7-2-1-6-19(21)20-10-12-27(15-22(20)24)11-4-3-5-17-14-26-23-13-16(25(29)30)8-9-18(17)23/h1-2,6-9,13-14,26H,3-5,10-12,15H2,(H,29,30). The minimum absolute atomic E-state index is 0.213. The van der Waals surface area contributed by atoms with E-state index in [-0.39, 0.29) is 5.78 Å². The third kappa shape index (κ3) is 3.25. The molecule has 1 aromatic heterocycles. The Bertz CT molecular complexity index is 1190. The normalized spacial score (nSPS) is 16.2. The van der Waals surface area contributed by atoms with Gasteiger partial charge in [0.25, 0.3) is 0 Å². The van der Waals surface area contributed by atoms with Gasteiger partial charge in [-0.1, -0.05) is 30.3 Å². The number of carbonyl (C=O) groups excluding carboxylic acids is 1. The van der Waals surface area contributed by atoms with Crippen molar-refractivity contribution in [2.45, 2.75) is 25.7 Å². The number of carboxylic acids is 1. The smallest absolute Gasteiger partial charge is 0.335 e. The largest absolute Gasteiger partial charge is 0.478 e. The Hall–Kier alpha value is -3.18. The molecule has 2 aliphatic rings. The molecule has 0 amide bonds. The number of unbranched alkanes of at least 4 members (excludes halogenated alkanes) is 1. The quantitative estimate of drug-likeness (QED) is 0.596. The van der Waals surface area contributed by atoms with Gasteiger partial charge in [-0.15, -0.1) is 0 Å². The van der Waals surface area contributed by atoms with Crippen LogP contribution in [-0.4, -0.2) is 46.4 Å². The topological polar surface area (TPSA) is 73.4 Å². The number of aromatic amines is 1. The van der Waals surface area contributed by atoms with Gasteiger partial charge in [-0.2, -0.15) is 0 Å². The van der Waals surface area contributed by atoms with E-state index in [1.807, 2.05) is 30.5 Å². The Morgan fingerprint density at radius 3 is 2.73 bits per heavy atom. The molecule has 0 saturated heterocycles. The van der Waals surface area contributed by atoms with Crippen LogP contribution in [0.3, 0.4) is 0 Å². The van der Waals surface area contributed by atoms with Crippen molar-refractivity contribution in [3.8, 4) is 0 Å². The van der Waals surface area contributed by atoms with Crippen LogP contribution in [0.2, 0.25) is 0 Å².